The normalized spacial score (nSPS) is 12.3. The van der Waals surface area contributed by atoms with Crippen molar-refractivity contribution in [2.24, 2.45) is 0 Å². The van der Waals surface area contributed by atoms with E-state index in [1.165, 1.54) is 36.2 Å². The number of aliphatic hydroxyl groups is 1. The number of alkyl halides is 2. The van der Waals surface area contributed by atoms with Gasteiger partial charge in [-0.3, -0.25) is 8.77 Å². The number of fused-ring (bicyclic) bond motifs is 1. The number of carbonyl (C=O) groups is 1. The minimum atomic E-state index is -2.97. The van der Waals surface area contributed by atoms with Gasteiger partial charge in [-0.05, 0) is 60.8 Å². The number of hydrogen-bond donors (Lipinski definition) is 1. The monoisotopic (exact) mass is 507 g/mol. The Hall–Kier alpha value is -2.58. The van der Waals surface area contributed by atoms with Crippen molar-refractivity contribution >= 4 is 52.3 Å². The van der Waals surface area contributed by atoms with Gasteiger partial charge >= 0.3 is 6.61 Å². The summed E-state index contributed by atoms with van der Waals surface area (Å²) in [6.07, 6.45) is -0.714. The number of rotatable bonds is 7. The number of carbonyl (C=O) groups excluding carboxylic acids is 1. The first-order valence-electron chi connectivity index (χ1n) is 9.75. The van der Waals surface area contributed by atoms with Crippen LogP contribution in [0, 0.1) is 6.92 Å². The van der Waals surface area contributed by atoms with Crippen molar-refractivity contribution in [3.05, 3.63) is 93.1 Å². The molecule has 33 heavy (non-hydrogen) atoms. The van der Waals surface area contributed by atoms with Gasteiger partial charge in [-0.25, -0.2) is 0 Å². The molecule has 0 fully saturated rings. The van der Waals surface area contributed by atoms with Crippen LogP contribution in [0.4, 0.5) is 8.78 Å². The zero-order chi connectivity index (χ0) is 23.7. The minimum Gasteiger partial charge on any atom is -0.435 e. The second-order valence-corrected chi connectivity index (χ2v) is 9.01. The first-order chi connectivity index (χ1) is 15.8. The maximum Gasteiger partial charge on any atom is 0.387 e. The minimum absolute atomic E-state index is 0.00284. The SMILES string of the molecule is Cc1cc(OC(F)F)cc2c1cc(C(O)c1c(Cl)ccc(C=O)c1Cl)n2Sc1ccccc1. The van der Waals surface area contributed by atoms with Crippen molar-refractivity contribution in [1.82, 2.24) is 3.97 Å². The first kappa shape index (κ1) is 23.6. The number of ether oxygens (including phenoxy) is 1. The van der Waals surface area contributed by atoms with Crippen LogP contribution in [0.25, 0.3) is 10.9 Å². The Morgan fingerprint density at radius 3 is 2.48 bits per heavy atom. The Labute approximate surface area is 202 Å². The molecule has 3 aromatic carbocycles. The van der Waals surface area contributed by atoms with Crippen molar-refractivity contribution in [2.45, 2.75) is 24.5 Å². The molecule has 0 aliphatic heterocycles. The lowest BCUT2D eigenvalue weighted by atomic mass is 10.0. The molecule has 170 valence electrons. The highest BCUT2D eigenvalue weighted by Gasteiger charge is 2.25. The van der Waals surface area contributed by atoms with Gasteiger partial charge in [-0.2, -0.15) is 8.78 Å². The number of aldehydes is 1. The van der Waals surface area contributed by atoms with Gasteiger partial charge in [0.05, 0.1) is 16.2 Å². The molecule has 0 saturated heterocycles. The standard InChI is InChI=1S/C24H17Cl2F2NO3S/c1-13-9-15(32-24(27)28)10-19-17(13)11-20(29(19)33-16-5-3-2-4-6-16)23(31)21-18(25)8-7-14(12-30)22(21)26/h2-12,23-24,31H,1H3. The van der Waals surface area contributed by atoms with Gasteiger partial charge in [-0.1, -0.05) is 41.4 Å². The molecule has 1 N–H and O–H groups in total. The van der Waals surface area contributed by atoms with Crippen molar-refractivity contribution in [2.75, 3.05) is 0 Å². The lowest BCUT2D eigenvalue weighted by Crippen LogP contribution is -2.07. The highest BCUT2D eigenvalue weighted by Crippen LogP contribution is 2.41. The fraction of sp³-hybridized carbons (Fsp3) is 0.125. The molecule has 1 atom stereocenters. The van der Waals surface area contributed by atoms with Crippen LogP contribution in [-0.2, 0) is 0 Å². The van der Waals surface area contributed by atoms with Crippen molar-refractivity contribution in [3.63, 3.8) is 0 Å². The number of aryl methyl sites for hydroxylation is 1. The molecular weight excluding hydrogens is 491 g/mol. The Bertz CT molecular complexity index is 1330. The van der Waals surface area contributed by atoms with Crippen molar-refractivity contribution in [1.29, 1.82) is 0 Å². The molecule has 9 heteroatoms. The number of aliphatic hydroxyl groups excluding tert-OH is 1. The second-order valence-electron chi connectivity index (χ2n) is 7.20. The fourth-order valence-corrected chi connectivity index (χ4v) is 5.19. The molecule has 0 radical (unpaired) electrons. The Kier molecular flexibility index (Phi) is 6.95. The van der Waals surface area contributed by atoms with E-state index in [-0.39, 0.29) is 26.9 Å². The van der Waals surface area contributed by atoms with Gasteiger partial charge in [-0.15, -0.1) is 0 Å². The van der Waals surface area contributed by atoms with Crippen LogP contribution >= 0.6 is 35.1 Å². The maximum absolute atomic E-state index is 12.9. The molecular formula is C24H17Cl2F2NO3S. The summed E-state index contributed by atoms with van der Waals surface area (Å²) in [7, 11) is 0. The number of aromatic nitrogens is 1. The summed E-state index contributed by atoms with van der Waals surface area (Å²) >= 11 is 14.0. The molecule has 0 spiro atoms. The molecule has 0 saturated carbocycles. The summed E-state index contributed by atoms with van der Waals surface area (Å²) in [5, 5.41) is 12.3. The third-order valence-corrected chi connectivity index (χ3v) is 6.91. The summed E-state index contributed by atoms with van der Waals surface area (Å²) in [6.45, 7) is -1.21. The lowest BCUT2D eigenvalue weighted by molar-refractivity contribution is -0.0497. The third kappa shape index (κ3) is 4.73. The van der Waals surface area contributed by atoms with Crippen LogP contribution < -0.4 is 4.74 Å². The molecule has 0 amide bonds. The fourth-order valence-electron chi connectivity index (χ4n) is 3.57. The van der Waals surface area contributed by atoms with E-state index < -0.39 is 12.7 Å². The van der Waals surface area contributed by atoms with E-state index in [4.69, 9.17) is 23.2 Å². The largest absolute Gasteiger partial charge is 0.435 e. The number of nitrogens with zero attached hydrogens (tertiary/aromatic N) is 1. The van der Waals surface area contributed by atoms with E-state index in [9.17, 15) is 18.7 Å². The zero-order valence-electron chi connectivity index (χ0n) is 17.1. The predicted molar refractivity (Wildman–Crippen MR) is 127 cm³/mol. The van der Waals surface area contributed by atoms with Gasteiger partial charge in [0.15, 0.2) is 6.29 Å². The molecule has 4 rings (SSSR count). The highest BCUT2D eigenvalue weighted by atomic mass is 35.5. The first-order valence-corrected chi connectivity index (χ1v) is 11.3. The van der Waals surface area contributed by atoms with E-state index in [1.54, 1.807) is 17.0 Å². The summed E-state index contributed by atoms with van der Waals surface area (Å²) in [6, 6.07) is 17.1. The Morgan fingerprint density at radius 2 is 1.82 bits per heavy atom. The zero-order valence-corrected chi connectivity index (χ0v) is 19.5. The van der Waals surface area contributed by atoms with Gasteiger partial charge in [0.1, 0.15) is 11.9 Å². The van der Waals surface area contributed by atoms with E-state index in [1.807, 2.05) is 30.3 Å². The van der Waals surface area contributed by atoms with Crippen LogP contribution in [-0.4, -0.2) is 22.0 Å². The van der Waals surface area contributed by atoms with Crippen molar-refractivity contribution in [3.8, 4) is 5.75 Å². The van der Waals surface area contributed by atoms with Gasteiger partial charge < -0.3 is 9.84 Å². The van der Waals surface area contributed by atoms with Crippen LogP contribution in [0.2, 0.25) is 10.0 Å². The third-order valence-electron chi connectivity index (χ3n) is 5.09. The molecule has 0 aliphatic rings. The molecule has 1 aromatic heterocycles. The summed E-state index contributed by atoms with van der Waals surface area (Å²) in [5.41, 5.74) is 2.03. The topological polar surface area (TPSA) is 51.5 Å². The Balaban J connectivity index is 1.95. The summed E-state index contributed by atoms with van der Waals surface area (Å²) in [5.74, 6) is 0.00284. The van der Waals surface area contributed by atoms with Gasteiger partial charge in [0.25, 0.3) is 0 Å². The van der Waals surface area contributed by atoms with Crippen LogP contribution in [0.15, 0.2) is 65.6 Å². The second kappa shape index (κ2) is 9.73. The van der Waals surface area contributed by atoms with Crippen LogP contribution in [0.5, 0.6) is 5.75 Å². The molecule has 4 aromatic rings. The van der Waals surface area contributed by atoms with Crippen LogP contribution in [0.1, 0.15) is 33.3 Å². The average Bonchev–Trinajstić information content (AvgIpc) is 3.13. The summed E-state index contributed by atoms with van der Waals surface area (Å²) in [4.78, 5) is 12.2. The van der Waals surface area contributed by atoms with E-state index in [0.29, 0.717) is 23.1 Å². The number of benzene rings is 3. The maximum atomic E-state index is 12.9. The summed E-state index contributed by atoms with van der Waals surface area (Å²) < 4.78 is 32.1. The highest BCUT2D eigenvalue weighted by molar-refractivity contribution is 7.98. The van der Waals surface area contributed by atoms with Gasteiger partial charge in [0, 0.05) is 32.5 Å². The van der Waals surface area contributed by atoms with Crippen LogP contribution in [0.3, 0.4) is 0 Å². The number of halogens is 4. The number of hydrogen-bond acceptors (Lipinski definition) is 4. The average molecular weight is 508 g/mol. The van der Waals surface area contributed by atoms with Gasteiger partial charge in [0.2, 0.25) is 0 Å². The molecule has 1 heterocycles. The predicted octanol–water partition coefficient (Wildman–Crippen LogP) is 7.31. The molecule has 1 unspecified atom stereocenters. The van der Waals surface area contributed by atoms with E-state index in [0.717, 1.165) is 10.3 Å². The van der Waals surface area contributed by atoms with Crippen molar-refractivity contribution < 1.29 is 23.4 Å². The van der Waals surface area contributed by atoms with E-state index in [2.05, 4.69) is 4.74 Å². The smallest absolute Gasteiger partial charge is 0.387 e. The van der Waals surface area contributed by atoms with E-state index >= 15 is 0 Å². The molecule has 0 aliphatic carbocycles. The Morgan fingerprint density at radius 1 is 1.09 bits per heavy atom. The molecule has 4 nitrogen and oxygen atoms in total. The lowest BCUT2D eigenvalue weighted by Gasteiger charge is -2.18. The molecule has 0 bridgehead atoms. The quantitative estimate of drug-likeness (QED) is 0.266.